The molecule has 0 radical (unpaired) electrons. The van der Waals surface area contributed by atoms with Gasteiger partial charge in [0.25, 0.3) is 0 Å². The van der Waals surface area contributed by atoms with Crippen LogP contribution in [-0.2, 0) is 9.59 Å². The number of benzene rings is 2. The molecule has 1 saturated heterocycles. The summed E-state index contributed by atoms with van der Waals surface area (Å²) in [7, 11) is 0. The Bertz CT molecular complexity index is 942. The van der Waals surface area contributed by atoms with E-state index in [1.165, 1.54) is 36.4 Å². The van der Waals surface area contributed by atoms with Crippen molar-refractivity contribution in [2.75, 3.05) is 4.90 Å². The average Bonchev–Trinajstić information content (AvgIpc) is 2.93. The molecular formula is C21H16FNO4. The van der Waals surface area contributed by atoms with Crippen LogP contribution in [0.3, 0.4) is 0 Å². The van der Waals surface area contributed by atoms with Gasteiger partial charge in [-0.3, -0.25) is 9.59 Å². The summed E-state index contributed by atoms with van der Waals surface area (Å²) in [5, 5.41) is 0. The summed E-state index contributed by atoms with van der Waals surface area (Å²) < 4.78 is 19.0. The zero-order valence-corrected chi connectivity index (χ0v) is 14.3. The van der Waals surface area contributed by atoms with Crippen molar-refractivity contribution in [1.82, 2.24) is 0 Å². The molecule has 2 aliphatic rings. The van der Waals surface area contributed by atoms with Crippen molar-refractivity contribution >= 4 is 23.5 Å². The summed E-state index contributed by atoms with van der Waals surface area (Å²) in [5.74, 6) is -2.56. The van der Waals surface area contributed by atoms with E-state index < -0.39 is 11.8 Å². The van der Waals surface area contributed by atoms with E-state index >= 15 is 0 Å². The third-order valence-corrected chi connectivity index (χ3v) is 4.89. The van der Waals surface area contributed by atoms with Crippen molar-refractivity contribution in [3.05, 3.63) is 72.1 Å². The van der Waals surface area contributed by atoms with Crippen LogP contribution in [0.5, 0.6) is 5.75 Å². The molecule has 27 heavy (non-hydrogen) atoms. The summed E-state index contributed by atoms with van der Waals surface area (Å²) in [4.78, 5) is 38.7. The van der Waals surface area contributed by atoms with E-state index in [0.29, 0.717) is 18.5 Å². The second-order valence-corrected chi connectivity index (χ2v) is 6.53. The second-order valence-electron chi connectivity index (χ2n) is 6.53. The minimum atomic E-state index is -0.845. The standard InChI is InChI=1S/C21H16FNO4/c22-18-11-4-3-10-17(18)21(26)27-14-7-5-6-13(12-14)23-19(24)15-8-1-2-9-16(15)20(23)25/h1-7,10-12,15-16H,8-9H2/t15-,16-/m1/s1. The van der Waals surface area contributed by atoms with Crippen LogP contribution in [0.15, 0.2) is 60.7 Å². The summed E-state index contributed by atoms with van der Waals surface area (Å²) in [5.41, 5.74) is 0.159. The predicted molar refractivity (Wildman–Crippen MR) is 95.6 cm³/mol. The monoisotopic (exact) mass is 365 g/mol. The van der Waals surface area contributed by atoms with Gasteiger partial charge in [0.05, 0.1) is 23.1 Å². The fraction of sp³-hybridized carbons (Fsp3) is 0.190. The van der Waals surface area contributed by atoms with Gasteiger partial charge in [-0.15, -0.1) is 0 Å². The second kappa shape index (κ2) is 6.79. The Labute approximate surface area is 155 Å². The molecule has 5 nitrogen and oxygen atoms in total. The van der Waals surface area contributed by atoms with Crippen molar-refractivity contribution in [3.63, 3.8) is 0 Å². The molecule has 0 unspecified atom stereocenters. The van der Waals surface area contributed by atoms with Crippen LogP contribution in [0.2, 0.25) is 0 Å². The zero-order chi connectivity index (χ0) is 19.0. The first-order chi connectivity index (χ1) is 13.1. The molecular weight excluding hydrogens is 349 g/mol. The lowest BCUT2D eigenvalue weighted by Gasteiger charge is -2.15. The van der Waals surface area contributed by atoms with Crippen molar-refractivity contribution in [1.29, 1.82) is 0 Å². The lowest BCUT2D eigenvalue weighted by Crippen LogP contribution is -2.30. The number of allylic oxidation sites excluding steroid dienone is 2. The summed E-state index contributed by atoms with van der Waals surface area (Å²) in [6.07, 6.45) is 4.94. The highest BCUT2D eigenvalue weighted by atomic mass is 19.1. The van der Waals surface area contributed by atoms with E-state index in [9.17, 15) is 18.8 Å². The number of imide groups is 1. The van der Waals surface area contributed by atoms with Gasteiger partial charge in [0.1, 0.15) is 11.6 Å². The summed E-state index contributed by atoms with van der Waals surface area (Å²) in [6.45, 7) is 0. The summed E-state index contributed by atoms with van der Waals surface area (Å²) >= 11 is 0. The third-order valence-electron chi connectivity index (χ3n) is 4.89. The van der Waals surface area contributed by atoms with Crippen LogP contribution < -0.4 is 9.64 Å². The lowest BCUT2D eigenvalue weighted by atomic mass is 9.85. The first-order valence-corrected chi connectivity index (χ1v) is 8.66. The zero-order valence-electron chi connectivity index (χ0n) is 14.3. The topological polar surface area (TPSA) is 63.7 Å². The number of rotatable bonds is 3. The van der Waals surface area contributed by atoms with Crippen LogP contribution in [0.25, 0.3) is 0 Å². The molecule has 2 atom stereocenters. The number of hydrogen-bond acceptors (Lipinski definition) is 4. The van der Waals surface area contributed by atoms with Gasteiger partial charge in [-0.1, -0.05) is 30.4 Å². The molecule has 2 aromatic rings. The molecule has 4 rings (SSSR count). The Morgan fingerprint density at radius 3 is 2.30 bits per heavy atom. The lowest BCUT2D eigenvalue weighted by molar-refractivity contribution is -0.122. The highest BCUT2D eigenvalue weighted by Gasteiger charge is 2.47. The largest absolute Gasteiger partial charge is 0.423 e. The smallest absolute Gasteiger partial charge is 0.346 e. The number of hydrogen-bond donors (Lipinski definition) is 0. The van der Waals surface area contributed by atoms with E-state index in [1.807, 2.05) is 12.2 Å². The van der Waals surface area contributed by atoms with Crippen molar-refractivity contribution < 1.29 is 23.5 Å². The number of halogens is 1. The maximum atomic E-state index is 13.7. The Balaban J connectivity index is 1.58. The maximum absolute atomic E-state index is 13.7. The Morgan fingerprint density at radius 2 is 1.63 bits per heavy atom. The van der Waals surface area contributed by atoms with Gasteiger partial charge < -0.3 is 4.74 Å². The number of fused-ring (bicyclic) bond motifs is 1. The molecule has 1 aliphatic carbocycles. The van der Waals surface area contributed by atoms with Gasteiger partial charge in [0.2, 0.25) is 11.8 Å². The number of nitrogens with zero attached hydrogens (tertiary/aromatic N) is 1. The molecule has 2 amide bonds. The minimum absolute atomic E-state index is 0.134. The van der Waals surface area contributed by atoms with Crippen LogP contribution >= 0.6 is 0 Å². The van der Waals surface area contributed by atoms with Gasteiger partial charge >= 0.3 is 5.97 Å². The molecule has 1 aliphatic heterocycles. The third kappa shape index (κ3) is 3.03. The summed E-state index contributed by atoms with van der Waals surface area (Å²) in [6, 6.07) is 11.7. The van der Waals surface area contributed by atoms with Crippen LogP contribution in [0.1, 0.15) is 23.2 Å². The van der Waals surface area contributed by atoms with Gasteiger partial charge in [-0.2, -0.15) is 0 Å². The number of ether oxygens (including phenoxy) is 1. The molecule has 0 aromatic heterocycles. The fourth-order valence-corrected chi connectivity index (χ4v) is 3.53. The SMILES string of the molecule is O=C(Oc1cccc(N2C(=O)[C@@H]3CC=CC[C@H]3C2=O)c1)c1ccccc1F. The van der Waals surface area contributed by atoms with E-state index in [2.05, 4.69) is 0 Å². The molecule has 0 spiro atoms. The van der Waals surface area contributed by atoms with Crippen molar-refractivity contribution in [2.45, 2.75) is 12.8 Å². The quantitative estimate of drug-likeness (QED) is 0.361. The Morgan fingerprint density at radius 1 is 0.963 bits per heavy atom. The Hall–Kier alpha value is -3.28. The average molecular weight is 365 g/mol. The molecule has 6 heteroatoms. The van der Waals surface area contributed by atoms with Gasteiger partial charge in [0, 0.05) is 6.07 Å². The highest BCUT2D eigenvalue weighted by Crippen LogP contribution is 2.38. The van der Waals surface area contributed by atoms with E-state index in [-0.39, 0.29) is 35.0 Å². The van der Waals surface area contributed by atoms with Gasteiger partial charge in [0.15, 0.2) is 0 Å². The van der Waals surface area contributed by atoms with Crippen LogP contribution in [0, 0.1) is 17.7 Å². The molecule has 1 fully saturated rings. The van der Waals surface area contributed by atoms with Crippen molar-refractivity contribution in [3.8, 4) is 5.75 Å². The Kier molecular flexibility index (Phi) is 4.32. The highest BCUT2D eigenvalue weighted by molar-refractivity contribution is 6.22. The van der Waals surface area contributed by atoms with Crippen LogP contribution in [-0.4, -0.2) is 17.8 Å². The first kappa shape index (κ1) is 17.1. The first-order valence-electron chi connectivity index (χ1n) is 8.66. The minimum Gasteiger partial charge on any atom is -0.423 e. The molecule has 0 N–H and O–H groups in total. The molecule has 0 bridgehead atoms. The van der Waals surface area contributed by atoms with Gasteiger partial charge in [-0.25, -0.2) is 14.1 Å². The van der Waals surface area contributed by atoms with Crippen molar-refractivity contribution in [2.24, 2.45) is 11.8 Å². The normalized spacial score (nSPS) is 21.3. The number of amides is 2. The van der Waals surface area contributed by atoms with Gasteiger partial charge in [-0.05, 0) is 37.1 Å². The number of carbonyl (C=O) groups excluding carboxylic acids is 3. The molecule has 136 valence electrons. The number of carbonyl (C=O) groups is 3. The fourth-order valence-electron chi connectivity index (χ4n) is 3.53. The molecule has 2 aromatic carbocycles. The van der Waals surface area contributed by atoms with E-state index in [0.717, 1.165) is 4.90 Å². The van der Waals surface area contributed by atoms with E-state index in [1.54, 1.807) is 12.1 Å². The number of anilines is 1. The number of esters is 1. The molecule has 1 heterocycles. The molecule has 0 saturated carbocycles. The maximum Gasteiger partial charge on any atom is 0.346 e. The van der Waals surface area contributed by atoms with Crippen LogP contribution in [0.4, 0.5) is 10.1 Å². The predicted octanol–water partition coefficient (Wildman–Crippen LogP) is 3.50. The van der Waals surface area contributed by atoms with E-state index in [4.69, 9.17) is 4.74 Å².